The number of carbonyl (C=O) groups is 2. The summed E-state index contributed by atoms with van der Waals surface area (Å²) < 4.78 is 25.4. The van der Waals surface area contributed by atoms with Gasteiger partial charge in [-0.05, 0) is 116 Å². The van der Waals surface area contributed by atoms with Gasteiger partial charge in [0.1, 0.15) is 13.2 Å². The molecule has 0 spiro atoms. The third-order valence-corrected chi connectivity index (χ3v) is 6.57. The van der Waals surface area contributed by atoms with Gasteiger partial charge in [-0.15, -0.1) is 0 Å². The summed E-state index contributed by atoms with van der Waals surface area (Å²) in [5, 5.41) is 0. The topological polar surface area (TPSA) is 80.3 Å². The number of hydrogen-bond acceptors (Lipinski definition) is 7. The van der Waals surface area contributed by atoms with Gasteiger partial charge in [0, 0.05) is 0 Å². The average molecular weight is 579 g/mol. The van der Waals surface area contributed by atoms with E-state index in [-0.39, 0.29) is 26.4 Å². The average Bonchev–Trinajstić information content (AvgIpc) is 2.89. The fourth-order valence-corrected chi connectivity index (χ4v) is 4.01. The summed E-state index contributed by atoms with van der Waals surface area (Å²) in [5.41, 5.74) is 4.75. The van der Waals surface area contributed by atoms with Crippen molar-refractivity contribution in [2.45, 2.75) is 120 Å². The summed E-state index contributed by atoms with van der Waals surface area (Å²) >= 11 is 0. The van der Waals surface area contributed by atoms with Gasteiger partial charge < -0.3 is 23.7 Å². The Morgan fingerprint density at radius 2 is 0.976 bits per heavy atom. The van der Waals surface area contributed by atoms with Crippen molar-refractivity contribution >= 4 is 12.3 Å². The number of allylic oxidation sites excluding steroid dienone is 6. The third kappa shape index (κ3) is 27.4. The van der Waals surface area contributed by atoms with Gasteiger partial charge in [-0.3, -0.25) is 0 Å². The Balaban J connectivity index is 3.79. The maximum absolute atomic E-state index is 11.7. The molecule has 7 heteroatoms. The van der Waals surface area contributed by atoms with Crippen molar-refractivity contribution < 1.29 is 33.3 Å². The van der Waals surface area contributed by atoms with Crippen molar-refractivity contribution in [3.63, 3.8) is 0 Å². The van der Waals surface area contributed by atoms with Crippen LogP contribution in [-0.4, -0.2) is 38.7 Å². The maximum Gasteiger partial charge on any atom is 0.513 e. The molecule has 2 atom stereocenters. The molecule has 0 radical (unpaired) electrons. The zero-order valence-electron chi connectivity index (χ0n) is 27.2. The van der Waals surface area contributed by atoms with Gasteiger partial charge in [0.25, 0.3) is 0 Å². The van der Waals surface area contributed by atoms with Crippen molar-refractivity contribution in [1.29, 1.82) is 0 Å². The molecule has 0 saturated carbocycles. The monoisotopic (exact) mass is 578 g/mol. The largest absolute Gasteiger partial charge is 0.513 e. The third-order valence-electron chi connectivity index (χ3n) is 6.57. The molecule has 0 saturated heterocycles. The van der Waals surface area contributed by atoms with Crippen LogP contribution in [0.4, 0.5) is 9.59 Å². The van der Waals surface area contributed by atoms with Crippen LogP contribution in [0.25, 0.3) is 0 Å². The smallest absolute Gasteiger partial charge is 0.432 e. The highest BCUT2D eigenvalue weighted by Gasteiger charge is 2.06. The number of hydrogen-bond donors (Lipinski definition) is 0. The van der Waals surface area contributed by atoms with Gasteiger partial charge in [0.05, 0.1) is 25.7 Å². The molecule has 0 N–H and O–H groups in total. The minimum Gasteiger partial charge on any atom is -0.432 e. The summed E-state index contributed by atoms with van der Waals surface area (Å²) in [4.78, 5) is 23.5. The second kappa shape index (κ2) is 25.2. The SMILES string of the molecule is CC(C)=CCCC(C)CCCC(C)=COC(=O)OCCOCCOC(=O)OC=C(C)CCCC(C)CCC=C(C)C. The van der Waals surface area contributed by atoms with Crippen LogP contribution in [0.5, 0.6) is 0 Å². The first-order valence-corrected chi connectivity index (χ1v) is 15.3. The van der Waals surface area contributed by atoms with Crippen molar-refractivity contribution in [3.05, 3.63) is 47.0 Å². The molecule has 2 unspecified atom stereocenters. The number of rotatable bonds is 22. The van der Waals surface area contributed by atoms with Crippen molar-refractivity contribution in [2.75, 3.05) is 26.4 Å². The molecular weight excluding hydrogens is 520 g/mol. The minimum absolute atomic E-state index is 0.0505. The normalized spacial score (nSPS) is 13.2. The minimum atomic E-state index is -0.761. The molecule has 0 aromatic heterocycles. The maximum atomic E-state index is 11.7. The zero-order chi connectivity index (χ0) is 30.9. The van der Waals surface area contributed by atoms with Gasteiger partial charge in [-0.25, -0.2) is 9.59 Å². The summed E-state index contributed by atoms with van der Waals surface area (Å²) in [6, 6.07) is 0. The molecule has 0 aromatic rings. The summed E-state index contributed by atoms with van der Waals surface area (Å²) in [6.07, 6.45) is 16.8. The molecular formula is C34H58O7. The van der Waals surface area contributed by atoms with E-state index in [1.54, 1.807) is 0 Å². The van der Waals surface area contributed by atoms with Gasteiger partial charge in [-0.1, -0.05) is 50.0 Å². The zero-order valence-corrected chi connectivity index (χ0v) is 27.2. The first-order chi connectivity index (χ1) is 19.5. The highest BCUT2D eigenvalue weighted by molar-refractivity contribution is 5.61. The molecule has 0 fully saturated rings. The van der Waals surface area contributed by atoms with E-state index in [1.165, 1.54) is 36.5 Å². The second-order valence-electron chi connectivity index (χ2n) is 11.7. The van der Waals surface area contributed by atoms with Crippen LogP contribution in [0, 0.1) is 11.8 Å². The molecule has 0 aliphatic rings. The molecule has 236 valence electrons. The summed E-state index contributed by atoms with van der Waals surface area (Å²) in [7, 11) is 0. The fourth-order valence-electron chi connectivity index (χ4n) is 4.01. The molecule has 41 heavy (non-hydrogen) atoms. The van der Waals surface area contributed by atoms with E-state index >= 15 is 0 Å². The van der Waals surface area contributed by atoms with Crippen molar-refractivity contribution in [1.82, 2.24) is 0 Å². The van der Waals surface area contributed by atoms with Crippen LogP contribution in [0.1, 0.15) is 120 Å². The molecule has 0 amide bonds. The predicted molar refractivity (Wildman–Crippen MR) is 167 cm³/mol. The van der Waals surface area contributed by atoms with E-state index in [2.05, 4.69) is 53.7 Å². The van der Waals surface area contributed by atoms with E-state index in [1.807, 2.05) is 13.8 Å². The Morgan fingerprint density at radius 3 is 1.34 bits per heavy atom. The highest BCUT2D eigenvalue weighted by atomic mass is 16.7. The first kappa shape index (κ1) is 38.5. The lowest BCUT2D eigenvalue weighted by Crippen LogP contribution is -2.14. The van der Waals surface area contributed by atoms with E-state index < -0.39 is 12.3 Å². The van der Waals surface area contributed by atoms with Crippen molar-refractivity contribution in [2.24, 2.45) is 11.8 Å². The van der Waals surface area contributed by atoms with Crippen LogP contribution in [0.2, 0.25) is 0 Å². The number of carbonyl (C=O) groups excluding carboxylic acids is 2. The standard InChI is InChI=1S/C34H58O7/c1-27(2)13-9-15-29(5)17-11-19-31(7)25-40-33(35)38-23-21-37-22-24-39-34(36)41-26-32(8)20-12-18-30(6)16-10-14-28(3)4/h13-14,25-26,29-30H,9-12,15-24H2,1-8H3. The Labute approximate surface area is 250 Å². The predicted octanol–water partition coefficient (Wildman–Crippen LogP) is 10.2. The van der Waals surface area contributed by atoms with E-state index in [0.29, 0.717) is 11.8 Å². The van der Waals surface area contributed by atoms with Crippen molar-refractivity contribution in [3.8, 4) is 0 Å². The van der Waals surface area contributed by atoms with Crippen LogP contribution in [-0.2, 0) is 23.7 Å². The quantitative estimate of drug-likeness (QED) is 0.0547. The molecule has 0 aliphatic carbocycles. The van der Waals surface area contributed by atoms with Gasteiger partial charge in [0.2, 0.25) is 0 Å². The molecule has 0 aromatic carbocycles. The lowest BCUT2D eigenvalue weighted by Gasteiger charge is -2.10. The van der Waals surface area contributed by atoms with E-state index in [0.717, 1.165) is 62.5 Å². The summed E-state index contributed by atoms with van der Waals surface area (Å²) in [6.45, 7) is 17.4. The molecule has 7 nitrogen and oxygen atoms in total. The highest BCUT2D eigenvalue weighted by Crippen LogP contribution is 2.18. The Morgan fingerprint density at radius 1 is 0.585 bits per heavy atom. The van der Waals surface area contributed by atoms with E-state index in [4.69, 9.17) is 23.7 Å². The Hall–Kier alpha value is -2.54. The molecule has 0 aliphatic heterocycles. The fraction of sp³-hybridized carbons (Fsp3) is 0.706. The van der Waals surface area contributed by atoms with Crippen LogP contribution in [0.15, 0.2) is 47.0 Å². The molecule has 0 heterocycles. The number of ether oxygens (including phenoxy) is 5. The van der Waals surface area contributed by atoms with E-state index in [9.17, 15) is 9.59 Å². The van der Waals surface area contributed by atoms with Gasteiger partial charge in [-0.2, -0.15) is 0 Å². The molecule has 0 rings (SSSR count). The Kier molecular flexibility index (Phi) is 23.6. The van der Waals surface area contributed by atoms with Crippen LogP contribution in [0.3, 0.4) is 0 Å². The van der Waals surface area contributed by atoms with Crippen LogP contribution < -0.4 is 0 Å². The Bertz CT molecular complexity index is 762. The van der Waals surface area contributed by atoms with Gasteiger partial charge in [0.15, 0.2) is 0 Å². The van der Waals surface area contributed by atoms with Crippen LogP contribution >= 0.6 is 0 Å². The van der Waals surface area contributed by atoms with Gasteiger partial charge >= 0.3 is 12.3 Å². The second-order valence-corrected chi connectivity index (χ2v) is 11.7. The summed E-state index contributed by atoms with van der Waals surface area (Å²) in [5.74, 6) is 1.36. The first-order valence-electron chi connectivity index (χ1n) is 15.3. The molecule has 0 bridgehead atoms. The lowest BCUT2D eigenvalue weighted by atomic mass is 9.97. The lowest BCUT2D eigenvalue weighted by molar-refractivity contribution is 0.0199.